The molecule has 1 unspecified atom stereocenters. The third-order valence-corrected chi connectivity index (χ3v) is 9.65. The summed E-state index contributed by atoms with van der Waals surface area (Å²) in [6.07, 6.45) is -0.478. The van der Waals surface area contributed by atoms with Gasteiger partial charge >= 0.3 is 0 Å². The fraction of sp³-hybridized carbons (Fsp3) is 0.0204. The first-order valence-corrected chi connectivity index (χ1v) is 18.4. The summed E-state index contributed by atoms with van der Waals surface area (Å²) in [5.41, 5.74) is 9.83. The molecule has 0 spiro atoms. The highest BCUT2D eigenvalue weighted by atomic mass is 15.2. The summed E-state index contributed by atoms with van der Waals surface area (Å²) < 4.78 is 0. The molecule has 0 bridgehead atoms. The lowest BCUT2D eigenvalue weighted by Gasteiger charge is -2.26. The molecule has 0 amide bonds. The van der Waals surface area contributed by atoms with Crippen LogP contribution in [0.1, 0.15) is 28.4 Å². The molecule has 1 aromatic heterocycles. The average molecular weight is 720 g/mol. The topological polar surface area (TPSA) is 99.2 Å². The minimum absolute atomic E-state index is 0.478. The lowest BCUT2D eigenvalue weighted by atomic mass is 9.90. The van der Waals surface area contributed by atoms with E-state index in [0.29, 0.717) is 28.9 Å². The summed E-state index contributed by atoms with van der Waals surface area (Å²) in [4.78, 5) is 25.2. The fourth-order valence-corrected chi connectivity index (χ4v) is 6.90. The Morgan fingerprint density at radius 2 is 0.946 bits per heavy atom. The summed E-state index contributed by atoms with van der Waals surface area (Å²) in [6, 6.07) is 64.7. The van der Waals surface area contributed by atoms with E-state index < -0.39 is 6.17 Å². The Morgan fingerprint density at radius 1 is 0.429 bits per heavy atom. The molecular formula is C49H33N7. The summed E-state index contributed by atoms with van der Waals surface area (Å²) in [5, 5.41) is 13.6. The van der Waals surface area contributed by atoms with Crippen molar-refractivity contribution < 1.29 is 0 Å². The molecule has 1 aliphatic heterocycles. The fourth-order valence-electron chi connectivity index (χ4n) is 6.90. The van der Waals surface area contributed by atoms with E-state index in [1.165, 1.54) is 0 Å². The standard InChI is InChI=1S/C49H33N7/c50-32-33-16-15-25-38(30-33)43-31-39(28-29-42(43)49-55-46(36-21-9-3-10-22-36)52-47(56-49)37-23-11-4-12-24-37)40-26-13-14-27-41(40)48-53-44(34-17-5-1-6-18-34)51-45(54-48)35-19-7-2-8-20-35/h1-31,49H,(H,52,55,56). The van der Waals surface area contributed by atoms with Crippen LogP contribution in [0.4, 0.5) is 0 Å². The van der Waals surface area contributed by atoms with Gasteiger partial charge in [-0.2, -0.15) is 5.26 Å². The molecule has 264 valence electrons. The van der Waals surface area contributed by atoms with Crippen molar-refractivity contribution >= 4 is 11.7 Å². The van der Waals surface area contributed by atoms with Crippen molar-refractivity contribution in [3.8, 4) is 62.5 Å². The van der Waals surface area contributed by atoms with E-state index in [4.69, 9.17) is 24.9 Å². The van der Waals surface area contributed by atoms with Gasteiger partial charge in [0.1, 0.15) is 12.0 Å². The van der Waals surface area contributed by atoms with Crippen molar-refractivity contribution in [3.05, 3.63) is 210 Å². The van der Waals surface area contributed by atoms with Crippen LogP contribution in [0.2, 0.25) is 0 Å². The van der Waals surface area contributed by atoms with Crippen molar-refractivity contribution in [2.45, 2.75) is 6.17 Å². The van der Waals surface area contributed by atoms with Gasteiger partial charge in [-0.15, -0.1) is 0 Å². The summed E-state index contributed by atoms with van der Waals surface area (Å²) in [6.45, 7) is 0. The minimum Gasteiger partial charge on any atom is -0.344 e. The molecule has 0 saturated carbocycles. The highest BCUT2D eigenvalue weighted by Crippen LogP contribution is 2.38. The average Bonchev–Trinajstić information content (AvgIpc) is 3.29. The smallest absolute Gasteiger partial charge is 0.164 e. The molecule has 0 saturated heterocycles. The van der Waals surface area contributed by atoms with Crippen molar-refractivity contribution in [1.82, 2.24) is 20.3 Å². The summed E-state index contributed by atoms with van der Waals surface area (Å²) in [7, 11) is 0. The first-order valence-electron chi connectivity index (χ1n) is 18.4. The molecule has 0 fully saturated rings. The van der Waals surface area contributed by atoms with Crippen molar-refractivity contribution in [3.63, 3.8) is 0 Å². The minimum atomic E-state index is -0.478. The molecule has 7 aromatic carbocycles. The quantitative estimate of drug-likeness (QED) is 0.169. The molecule has 56 heavy (non-hydrogen) atoms. The maximum atomic E-state index is 9.93. The summed E-state index contributed by atoms with van der Waals surface area (Å²) >= 11 is 0. The number of nitrogens with zero attached hydrogens (tertiary/aromatic N) is 6. The Morgan fingerprint density at radius 3 is 1.57 bits per heavy atom. The molecule has 0 radical (unpaired) electrons. The number of rotatable bonds is 8. The second kappa shape index (κ2) is 15.3. The van der Waals surface area contributed by atoms with Gasteiger partial charge in [0.2, 0.25) is 0 Å². The SMILES string of the molecule is N#Cc1cccc(-c2cc(-c3ccccc3-c3nc(-c4ccccc4)nc(-c4ccccc4)n3)ccc2C2N=C(c3ccccc3)N=C(c3ccccc3)N2)c1. The maximum Gasteiger partial charge on any atom is 0.164 e. The number of aromatic nitrogens is 3. The number of nitrogens with one attached hydrogen (secondary N) is 1. The molecule has 7 nitrogen and oxygen atoms in total. The van der Waals surface area contributed by atoms with E-state index in [1.54, 1.807) is 0 Å². The van der Waals surface area contributed by atoms with Gasteiger partial charge in [-0.1, -0.05) is 170 Å². The van der Waals surface area contributed by atoms with E-state index in [-0.39, 0.29) is 0 Å². The van der Waals surface area contributed by atoms with Crippen LogP contribution in [0.5, 0.6) is 0 Å². The third-order valence-electron chi connectivity index (χ3n) is 9.65. The Bertz CT molecular complexity index is 2720. The van der Waals surface area contributed by atoms with Crippen LogP contribution in [-0.2, 0) is 0 Å². The highest BCUT2D eigenvalue weighted by molar-refractivity contribution is 6.13. The second-order valence-corrected chi connectivity index (χ2v) is 13.3. The Kier molecular flexibility index (Phi) is 9.26. The zero-order valence-electron chi connectivity index (χ0n) is 30.2. The molecular weight excluding hydrogens is 687 g/mol. The van der Waals surface area contributed by atoms with Crippen molar-refractivity contribution in [2.75, 3.05) is 0 Å². The van der Waals surface area contributed by atoms with E-state index in [9.17, 15) is 5.26 Å². The van der Waals surface area contributed by atoms with Gasteiger partial charge < -0.3 is 5.32 Å². The van der Waals surface area contributed by atoms with Crippen LogP contribution in [0, 0.1) is 11.3 Å². The van der Waals surface area contributed by atoms with E-state index in [1.807, 2.05) is 158 Å². The Hall–Kier alpha value is -7.82. The molecule has 2 heterocycles. The normalized spacial score (nSPS) is 13.5. The van der Waals surface area contributed by atoms with Gasteiger partial charge in [0, 0.05) is 33.4 Å². The number of hydrogen-bond acceptors (Lipinski definition) is 7. The van der Waals surface area contributed by atoms with Crippen LogP contribution >= 0.6 is 0 Å². The number of hydrogen-bond donors (Lipinski definition) is 1. The lowest BCUT2D eigenvalue weighted by molar-refractivity contribution is 0.676. The number of benzene rings is 7. The number of nitriles is 1. The molecule has 9 rings (SSSR count). The number of aliphatic imine (C=N–C) groups is 2. The van der Waals surface area contributed by atoms with Gasteiger partial charge in [0.15, 0.2) is 23.3 Å². The van der Waals surface area contributed by atoms with E-state index in [2.05, 4.69) is 41.7 Å². The van der Waals surface area contributed by atoms with Crippen LogP contribution in [0.25, 0.3) is 56.4 Å². The van der Waals surface area contributed by atoms with Gasteiger partial charge in [0.25, 0.3) is 0 Å². The zero-order chi connectivity index (χ0) is 37.7. The predicted octanol–water partition coefficient (Wildman–Crippen LogP) is 10.6. The zero-order valence-corrected chi connectivity index (χ0v) is 30.2. The monoisotopic (exact) mass is 719 g/mol. The molecule has 1 N–H and O–H groups in total. The molecule has 8 aromatic rings. The van der Waals surface area contributed by atoms with Crippen LogP contribution < -0.4 is 5.32 Å². The predicted molar refractivity (Wildman–Crippen MR) is 224 cm³/mol. The van der Waals surface area contributed by atoms with E-state index >= 15 is 0 Å². The third kappa shape index (κ3) is 6.98. The first-order chi connectivity index (χ1) is 27.7. The van der Waals surface area contributed by atoms with Gasteiger partial charge in [-0.25, -0.2) is 24.9 Å². The maximum absolute atomic E-state index is 9.93. The van der Waals surface area contributed by atoms with Crippen LogP contribution in [0.3, 0.4) is 0 Å². The van der Waals surface area contributed by atoms with Crippen molar-refractivity contribution in [1.29, 1.82) is 5.26 Å². The molecule has 0 aliphatic carbocycles. The first kappa shape index (κ1) is 34.0. The molecule has 7 heteroatoms. The van der Waals surface area contributed by atoms with Crippen LogP contribution in [-0.4, -0.2) is 26.6 Å². The largest absolute Gasteiger partial charge is 0.344 e. The van der Waals surface area contributed by atoms with Crippen molar-refractivity contribution in [2.24, 2.45) is 9.98 Å². The molecule has 1 atom stereocenters. The summed E-state index contributed by atoms with van der Waals surface area (Å²) in [5.74, 6) is 3.13. The highest BCUT2D eigenvalue weighted by Gasteiger charge is 2.25. The lowest BCUT2D eigenvalue weighted by Crippen LogP contribution is -2.33. The van der Waals surface area contributed by atoms with E-state index in [0.717, 1.165) is 61.5 Å². The van der Waals surface area contributed by atoms with Gasteiger partial charge in [0.05, 0.1) is 11.6 Å². The molecule has 1 aliphatic rings. The van der Waals surface area contributed by atoms with Gasteiger partial charge in [-0.05, 0) is 40.5 Å². The van der Waals surface area contributed by atoms with Crippen LogP contribution in [0.15, 0.2) is 198 Å². The Labute approximate surface area is 325 Å². The second-order valence-electron chi connectivity index (χ2n) is 13.3. The Balaban J connectivity index is 1.21. The number of amidine groups is 2. The van der Waals surface area contributed by atoms with Gasteiger partial charge in [-0.3, -0.25) is 0 Å².